The standard InChI is InChI=1S/C20H21N3O2S/c1-14-7-8-17-19(21-14)26-18(22-17)16-9-11-23(12-10-16)20(24)25-13-15-5-3-2-4-6-15/h2-8,16H,9-13H2,1H3. The number of piperidine rings is 1. The van der Waals surface area contributed by atoms with Crippen LogP contribution in [0.15, 0.2) is 42.5 Å². The van der Waals surface area contributed by atoms with Crippen LogP contribution in [-0.2, 0) is 11.3 Å². The lowest BCUT2D eigenvalue weighted by Crippen LogP contribution is -2.38. The minimum Gasteiger partial charge on any atom is -0.445 e. The number of pyridine rings is 1. The Hall–Kier alpha value is -2.47. The van der Waals surface area contributed by atoms with Crippen molar-refractivity contribution in [2.75, 3.05) is 13.1 Å². The molecule has 1 saturated heterocycles. The monoisotopic (exact) mass is 367 g/mol. The third-order valence-electron chi connectivity index (χ3n) is 4.72. The summed E-state index contributed by atoms with van der Waals surface area (Å²) in [5.41, 5.74) is 3.00. The van der Waals surface area contributed by atoms with Crippen LogP contribution in [0.25, 0.3) is 10.3 Å². The van der Waals surface area contributed by atoms with Crippen molar-refractivity contribution in [3.05, 3.63) is 58.7 Å². The van der Waals surface area contributed by atoms with Crippen LogP contribution in [0, 0.1) is 6.92 Å². The smallest absolute Gasteiger partial charge is 0.410 e. The highest BCUT2D eigenvalue weighted by molar-refractivity contribution is 7.18. The van der Waals surface area contributed by atoms with Crippen molar-refractivity contribution in [1.29, 1.82) is 0 Å². The minimum atomic E-state index is -0.228. The number of aryl methyl sites for hydroxylation is 1. The predicted octanol–water partition coefficient (Wildman–Crippen LogP) is 4.52. The van der Waals surface area contributed by atoms with Gasteiger partial charge in [0.25, 0.3) is 0 Å². The number of benzene rings is 1. The molecule has 1 aliphatic rings. The first-order valence-corrected chi connectivity index (χ1v) is 9.70. The van der Waals surface area contributed by atoms with E-state index in [1.54, 1.807) is 16.2 Å². The molecule has 0 spiro atoms. The normalized spacial score (nSPS) is 15.3. The van der Waals surface area contributed by atoms with E-state index in [1.165, 1.54) is 0 Å². The van der Waals surface area contributed by atoms with Crippen LogP contribution in [0.1, 0.15) is 35.0 Å². The fourth-order valence-corrected chi connectivity index (χ4v) is 4.37. The van der Waals surface area contributed by atoms with Gasteiger partial charge < -0.3 is 9.64 Å². The van der Waals surface area contributed by atoms with Gasteiger partial charge in [-0.25, -0.2) is 14.8 Å². The van der Waals surface area contributed by atoms with E-state index in [1.807, 2.05) is 49.4 Å². The van der Waals surface area contributed by atoms with Crippen molar-refractivity contribution in [3.63, 3.8) is 0 Å². The molecular formula is C20H21N3O2S. The van der Waals surface area contributed by atoms with Crippen LogP contribution < -0.4 is 0 Å². The fraction of sp³-hybridized carbons (Fsp3) is 0.350. The largest absolute Gasteiger partial charge is 0.445 e. The van der Waals surface area contributed by atoms with Crippen molar-refractivity contribution < 1.29 is 9.53 Å². The Morgan fingerprint density at radius 2 is 1.92 bits per heavy atom. The summed E-state index contributed by atoms with van der Waals surface area (Å²) in [5, 5.41) is 1.13. The molecule has 3 heterocycles. The van der Waals surface area contributed by atoms with Gasteiger partial charge in [-0.1, -0.05) is 41.7 Å². The highest BCUT2D eigenvalue weighted by Gasteiger charge is 2.26. The number of nitrogens with zero attached hydrogens (tertiary/aromatic N) is 3. The summed E-state index contributed by atoms with van der Waals surface area (Å²) in [4.78, 5) is 24.4. The molecule has 5 nitrogen and oxygen atoms in total. The summed E-state index contributed by atoms with van der Waals surface area (Å²) in [6.45, 7) is 3.74. The van der Waals surface area contributed by atoms with Crippen LogP contribution in [0.5, 0.6) is 0 Å². The molecule has 1 aliphatic heterocycles. The van der Waals surface area contributed by atoms with Gasteiger partial charge in [-0.3, -0.25) is 0 Å². The number of amides is 1. The number of carbonyl (C=O) groups excluding carboxylic acids is 1. The number of fused-ring (bicyclic) bond motifs is 1. The predicted molar refractivity (Wildman–Crippen MR) is 102 cm³/mol. The minimum absolute atomic E-state index is 0.228. The molecule has 0 aliphatic carbocycles. The molecule has 2 aromatic heterocycles. The highest BCUT2D eigenvalue weighted by Crippen LogP contribution is 2.33. The molecule has 134 valence electrons. The van der Waals surface area contributed by atoms with E-state index in [-0.39, 0.29) is 6.09 Å². The zero-order valence-corrected chi connectivity index (χ0v) is 15.5. The van der Waals surface area contributed by atoms with Crippen molar-refractivity contribution >= 4 is 27.8 Å². The average molecular weight is 367 g/mol. The van der Waals surface area contributed by atoms with E-state index < -0.39 is 0 Å². The maximum Gasteiger partial charge on any atom is 0.410 e. The van der Waals surface area contributed by atoms with E-state index in [2.05, 4.69) is 4.98 Å². The molecule has 1 fully saturated rings. The maximum atomic E-state index is 12.3. The molecule has 26 heavy (non-hydrogen) atoms. The Bertz CT molecular complexity index is 902. The summed E-state index contributed by atoms with van der Waals surface area (Å²) in [6.07, 6.45) is 1.60. The Labute approximate surface area is 156 Å². The molecule has 0 unspecified atom stereocenters. The van der Waals surface area contributed by atoms with Gasteiger partial charge in [0.1, 0.15) is 17.0 Å². The Morgan fingerprint density at radius 3 is 2.69 bits per heavy atom. The zero-order chi connectivity index (χ0) is 17.9. The maximum absolute atomic E-state index is 12.3. The second-order valence-electron chi connectivity index (χ2n) is 6.63. The molecule has 0 N–H and O–H groups in total. The van der Waals surface area contributed by atoms with Gasteiger partial charge in [0.05, 0.1) is 5.01 Å². The summed E-state index contributed by atoms with van der Waals surface area (Å²) in [6, 6.07) is 13.8. The van der Waals surface area contributed by atoms with Gasteiger partial charge in [0.15, 0.2) is 0 Å². The third-order valence-corrected chi connectivity index (χ3v) is 5.85. The van der Waals surface area contributed by atoms with E-state index in [9.17, 15) is 4.79 Å². The van der Waals surface area contributed by atoms with Crippen LogP contribution in [-0.4, -0.2) is 34.1 Å². The van der Waals surface area contributed by atoms with Gasteiger partial charge in [0, 0.05) is 24.7 Å². The second-order valence-corrected chi connectivity index (χ2v) is 7.64. The first-order valence-electron chi connectivity index (χ1n) is 8.89. The molecule has 6 heteroatoms. The van der Waals surface area contributed by atoms with Crippen LogP contribution >= 0.6 is 11.3 Å². The third kappa shape index (κ3) is 3.70. The van der Waals surface area contributed by atoms with Crippen molar-refractivity contribution in [2.45, 2.75) is 32.3 Å². The average Bonchev–Trinajstić information content (AvgIpc) is 3.10. The summed E-state index contributed by atoms with van der Waals surface area (Å²) in [5.74, 6) is 0.396. The lowest BCUT2D eigenvalue weighted by molar-refractivity contribution is 0.0870. The Balaban J connectivity index is 1.33. The Kier molecular flexibility index (Phi) is 4.84. The van der Waals surface area contributed by atoms with Crippen LogP contribution in [0.4, 0.5) is 4.79 Å². The van der Waals surface area contributed by atoms with E-state index in [4.69, 9.17) is 9.72 Å². The quantitative estimate of drug-likeness (QED) is 0.683. The van der Waals surface area contributed by atoms with Gasteiger partial charge in [-0.15, -0.1) is 0 Å². The van der Waals surface area contributed by atoms with E-state index >= 15 is 0 Å². The number of rotatable bonds is 3. The van der Waals surface area contributed by atoms with Gasteiger partial charge >= 0.3 is 6.09 Å². The van der Waals surface area contributed by atoms with Crippen LogP contribution in [0.2, 0.25) is 0 Å². The molecule has 0 atom stereocenters. The fourth-order valence-electron chi connectivity index (χ4n) is 3.22. The number of likely N-dealkylation sites (tertiary alicyclic amines) is 1. The Morgan fingerprint density at radius 1 is 1.15 bits per heavy atom. The number of hydrogen-bond acceptors (Lipinski definition) is 5. The van der Waals surface area contributed by atoms with Crippen LogP contribution in [0.3, 0.4) is 0 Å². The van der Waals surface area contributed by atoms with E-state index in [0.29, 0.717) is 25.6 Å². The highest BCUT2D eigenvalue weighted by atomic mass is 32.1. The molecular weight excluding hydrogens is 346 g/mol. The van der Waals surface area contributed by atoms with Crippen molar-refractivity contribution in [2.24, 2.45) is 0 Å². The first kappa shape index (κ1) is 17.0. The summed E-state index contributed by atoms with van der Waals surface area (Å²) >= 11 is 1.68. The van der Waals surface area contributed by atoms with Gasteiger partial charge in [-0.05, 0) is 37.5 Å². The molecule has 4 rings (SSSR count). The molecule has 1 amide bonds. The number of carbonyl (C=O) groups is 1. The molecule has 3 aromatic rings. The lowest BCUT2D eigenvalue weighted by atomic mass is 9.98. The zero-order valence-electron chi connectivity index (χ0n) is 14.7. The topological polar surface area (TPSA) is 55.3 Å². The van der Waals surface area contributed by atoms with Gasteiger partial charge in [0.2, 0.25) is 0 Å². The number of hydrogen-bond donors (Lipinski definition) is 0. The first-order chi connectivity index (χ1) is 12.7. The summed E-state index contributed by atoms with van der Waals surface area (Å²) in [7, 11) is 0. The second kappa shape index (κ2) is 7.41. The SMILES string of the molecule is Cc1ccc2nc(C3CCN(C(=O)OCc4ccccc4)CC3)sc2n1. The van der Waals surface area contributed by atoms with Crippen molar-refractivity contribution in [3.8, 4) is 0 Å². The van der Waals surface area contributed by atoms with E-state index in [0.717, 1.165) is 39.5 Å². The molecule has 1 aromatic carbocycles. The number of aromatic nitrogens is 2. The number of thiazole rings is 1. The lowest BCUT2D eigenvalue weighted by Gasteiger charge is -2.30. The summed E-state index contributed by atoms with van der Waals surface area (Å²) < 4.78 is 5.43. The molecule has 0 bridgehead atoms. The molecule has 0 saturated carbocycles. The van der Waals surface area contributed by atoms with Gasteiger partial charge in [-0.2, -0.15) is 0 Å². The molecule has 0 radical (unpaired) electrons. The van der Waals surface area contributed by atoms with Crippen molar-refractivity contribution in [1.82, 2.24) is 14.9 Å². The number of ether oxygens (including phenoxy) is 1.